The summed E-state index contributed by atoms with van der Waals surface area (Å²) in [5.41, 5.74) is 2.57. The molecule has 1 unspecified atom stereocenters. The molecule has 1 aliphatic heterocycles. The van der Waals surface area contributed by atoms with Crippen molar-refractivity contribution in [2.24, 2.45) is 5.92 Å². The van der Waals surface area contributed by atoms with Crippen LogP contribution < -0.4 is 15.0 Å². The lowest BCUT2D eigenvalue weighted by molar-refractivity contribution is 0.0946. The Morgan fingerprint density at radius 1 is 1.32 bits per heavy atom. The summed E-state index contributed by atoms with van der Waals surface area (Å²) in [7, 11) is 1.64. The van der Waals surface area contributed by atoms with Gasteiger partial charge in [0.2, 0.25) is 0 Å². The number of amides is 1. The third kappa shape index (κ3) is 4.50. The zero-order chi connectivity index (χ0) is 17.6. The van der Waals surface area contributed by atoms with E-state index in [4.69, 9.17) is 4.74 Å². The van der Waals surface area contributed by atoms with Gasteiger partial charge in [0.1, 0.15) is 11.4 Å². The van der Waals surface area contributed by atoms with Gasteiger partial charge in [-0.25, -0.2) is 0 Å². The summed E-state index contributed by atoms with van der Waals surface area (Å²) in [4.78, 5) is 19.0. The standard InChI is InChI=1S/C20H25N3O2/c1-15-4-3-11-23(14-15)17-9-10-21-19(12-17)20(24)22-13-16-5-7-18(25-2)8-6-16/h5-10,12,15H,3-4,11,13-14H2,1-2H3,(H,22,24). The third-order valence-corrected chi connectivity index (χ3v) is 4.61. The summed E-state index contributed by atoms with van der Waals surface area (Å²) in [6, 6.07) is 11.5. The maximum Gasteiger partial charge on any atom is 0.270 e. The summed E-state index contributed by atoms with van der Waals surface area (Å²) >= 11 is 0. The van der Waals surface area contributed by atoms with Crippen molar-refractivity contribution in [1.82, 2.24) is 10.3 Å². The highest BCUT2D eigenvalue weighted by Gasteiger charge is 2.18. The average Bonchev–Trinajstić information content (AvgIpc) is 2.66. The summed E-state index contributed by atoms with van der Waals surface area (Å²) in [6.45, 7) is 4.82. The molecule has 0 saturated carbocycles. The molecule has 132 valence electrons. The molecule has 0 spiro atoms. The van der Waals surface area contributed by atoms with E-state index in [1.54, 1.807) is 13.3 Å². The predicted molar refractivity (Wildman–Crippen MR) is 99.0 cm³/mol. The van der Waals surface area contributed by atoms with E-state index in [1.807, 2.05) is 36.4 Å². The molecule has 0 bridgehead atoms. The second kappa shape index (κ2) is 8.01. The van der Waals surface area contributed by atoms with E-state index >= 15 is 0 Å². The second-order valence-corrected chi connectivity index (χ2v) is 6.62. The number of rotatable bonds is 5. The minimum Gasteiger partial charge on any atom is -0.497 e. The fraction of sp³-hybridized carbons (Fsp3) is 0.400. The molecule has 2 heterocycles. The second-order valence-electron chi connectivity index (χ2n) is 6.62. The van der Waals surface area contributed by atoms with E-state index in [1.165, 1.54) is 12.8 Å². The van der Waals surface area contributed by atoms with Crippen LogP contribution in [0.15, 0.2) is 42.6 Å². The van der Waals surface area contributed by atoms with Crippen molar-refractivity contribution in [1.29, 1.82) is 0 Å². The number of piperidine rings is 1. The zero-order valence-corrected chi connectivity index (χ0v) is 14.9. The van der Waals surface area contributed by atoms with Gasteiger partial charge in [-0.1, -0.05) is 19.1 Å². The van der Waals surface area contributed by atoms with Crippen molar-refractivity contribution in [2.75, 3.05) is 25.1 Å². The topological polar surface area (TPSA) is 54.5 Å². The molecule has 1 aliphatic rings. The van der Waals surface area contributed by atoms with Crippen molar-refractivity contribution < 1.29 is 9.53 Å². The van der Waals surface area contributed by atoms with Crippen molar-refractivity contribution in [2.45, 2.75) is 26.3 Å². The Hall–Kier alpha value is -2.56. The molecule has 1 aromatic heterocycles. The number of methoxy groups -OCH3 is 1. The lowest BCUT2D eigenvalue weighted by atomic mass is 10.00. The molecule has 1 saturated heterocycles. The molecule has 2 aromatic rings. The normalized spacial score (nSPS) is 17.2. The minimum atomic E-state index is -0.150. The Bertz CT molecular complexity index is 715. The quantitative estimate of drug-likeness (QED) is 0.908. The van der Waals surface area contributed by atoms with Gasteiger partial charge in [0.25, 0.3) is 5.91 Å². The smallest absolute Gasteiger partial charge is 0.270 e. The van der Waals surface area contributed by atoms with Crippen LogP contribution in [0.5, 0.6) is 5.75 Å². The molecule has 5 nitrogen and oxygen atoms in total. The van der Waals surface area contributed by atoms with Gasteiger partial charge in [-0.15, -0.1) is 0 Å². The minimum absolute atomic E-state index is 0.150. The lowest BCUT2D eigenvalue weighted by Crippen LogP contribution is -2.34. The van der Waals surface area contributed by atoms with Gasteiger partial charge in [-0.05, 0) is 48.6 Å². The van der Waals surface area contributed by atoms with E-state index in [-0.39, 0.29) is 5.91 Å². The molecule has 1 aromatic carbocycles. The van der Waals surface area contributed by atoms with E-state index in [2.05, 4.69) is 22.1 Å². The van der Waals surface area contributed by atoms with Gasteiger partial charge < -0.3 is 15.0 Å². The molecular weight excluding hydrogens is 314 g/mol. The van der Waals surface area contributed by atoms with Crippen LogP contribution in [0.2, 0.25) is 0 Å². The fourth-order valence-corrected chi connectivity index (χ4v) is 3.18. The lowest BCUT2D eigenvalue weighted by Gasteiger charge is -2.32. The van der Waals surface area contributed by atoms with Crippen LogP contribution in [0, 0.1) is 5.92 Å². The molecule has 1 atom stereocenters. The van der Waals surface area contributed by atoms with Crippen molar-refractivity contribution in [3.05, 3.63) is 53.9 Å². The van der Waals surface area contributed by atoms with Gasteiger partial charge in [0.15, 0.2) is 0 Å². The van der Waals surface area contributed by atoms with E-state index in [0.29, 0.717) is 18.2 Å². The summed E-state index contributed by atoms with van der Waals surface area (Å²) in [5.74, 6) is 1.34. The molecule has 1 N–H and O–H groups in total. The van der Waals surface area contributed by atoms with Crippen molar-refractivity contribution in [3.63, 3.8) is 0 Å². The number of carbonyl (C=O) groups excluding carboxylic acids is 1. The highest BCUT2D eigenvalue weighted by atomic mass is 16.5. The van der Waals surface area contributed by atoms with Crippen LogP contribution in [0.25, 0.3) is 0 Å². The molecule has 1 amide bonds. The SMILES string of the molecule is COc1ccc(CNC(=O)c2cc(N3CCCC(C)C3)ccn2)cc1. The number of nitrogens with zero attached hydrogens (tertiary/aromatic N) is 2. The number of hydrogen-bond donors (Lipinski definition) is 1. The van der Waals surface area contributed by atoms with Gasteiger partial charge in [0, 0.05) is 31.5 Å². The van der Waals surface area contributed by atoms with E-state index in [9.17, 15) is 4.79 Å². The van der Waals surface area contributed by atoms with Gasteiger partial charge in [-0.3, -0.25) is 9.78 Å². The molecule has 3 rings (SSSR count). The first-order valence-corrected chi connectivity index (χ1v) is 8.78. The number of benzene rings is 1. The third-order valence-electron chi connectivity index (χ3n) is 4.61. The molecule has 0 radical (unpaired) electrons. The number of ether oxygens (including phenoxy) is 1. The van der Waals surface area contributed by atoms with E-state index < -0.39 is 0 Å². The van der Waals surface area contributed by atoms with E-state index in [0.717, 1.165) is 30.1 Å². The summed E-state index contributed by atoms with van der Waals surface area (Å²) < 4.78 is 5.14. The Morgan fingerprint density at radius 2 is 2.12 bits per heavy atom. The Kier molecular flexibility index (Phi) is 5.53. The first-order valence-electron chi connectivity index (χ1n) is 8.78. The summed E-state index contributed by atoms with van der Waals surface area (Å²) in [5, 5.41) is 2.93. The first kappa shape index (κ1) is 17.3. The zero-order valence-electron chi connectivity index (χ0n) is 14.9. The molecule has 0 aliphatic carbocycles. The predicted octanol–water partition coefficient (Wildman–Crippen LogP) is 3.26. The highest BCUT2D eigenvalue weighted by molar-refractivity contribution is 5.93. The highest BCUT2D eigenvalue weighted by Crippen LogP contribution is 2.23. The van der Waals surface area contributed by atoms with Crippen molar-refractivity contribution >= 4 is 11.6 Å². The number of hydrogen-bond acceptors (Lipinski definition) is 4. The fourth-order valence-electron chi connectivity index (χ4n) is 3.18. The van der Waals surface area contributed by atoms with Crippen LogP contribution in [-0.4, -0.2) is 31.1 Å². The largest absolute Gasteiger partial charge is 0.497 e. The first-order chi connectivity index (χ1) is 12.2. The van der Waals surface area contributed by atoms with Crippen molar-refractivity contribution in [3.8, 4) is 5.75 Å². The Labute approximate surface area is 149 Å². The number of carbonyl (C=O) groups is 1. The Morgan fingerprint density at radius 3 is 2.84 bits per heavy atom. The van der Waals surface area contributed by atoms with Crippen LogP contribution in [-0.2, 0) is 6.54 Å². The van der Waals surface area contributed by atoms with Gasteiger partial charge in [0.05, 0.1) is 7.11 Å². The Balaban J connectivity index is 1.62. The van der Waals surface area contributed by atoms with Gasteiger partial charge in [-0.2, -0.15) is 0 Å². The van der Waals surface area contributed by atoms with Crippen LogP contribution in [0.1, 0.15) is 35.8 Å². The van der Waals surface area contributed by atoms with Gasteiger partial charge >= 0.3 is 0 Å². The number of pyridine rings is 1. The maximum absolute atomic E-state index is 12.4. The average molecular weight is 339 g/mol. The summed E-state index contributed by atoms with van der Waals surface area (Å²) in [6.07, 6.45) is 4.19. The van der Waals surface area contributed by atoms with Crippen LogP contribution in [0.4, 0.5) is 5.69 Å². The molecule has 1 fully saturated rings. The number of aromatic nitrogens is 1. The molecular formula is C20H25N3O2. The monoisotopic (exact) mass is 339 g/mol. The molecule has 5 heteroatoms. The van der Waals surface area contributed by atoms with Crippen LogP contribution >= 0.6 is 0 Å². The van der Waals surface area contributed by atoms with Crippen LogP contribution in [0.3, 0.4) is 0 Å². The number of anilines is 1. The number of nitrogens with one attached hydrogen (secondary N) is 1. The molecule has 25 heavy (non-hydrogen) atoms. The maximum atomic E-state index is 12.4.